The largest absolute Gasteiger partial charge is 0.477 e. The number of amides is 2. The number of nitrogens with two attached hydrogens (primary N) is 1. The van der Waals surface area contributed by atoms with E-state index in [0.717, 1.165) is 32.5 Å². The molecule has 0 aliphatic carbocycles. The van der Waals surface area contributed by atoms with Crippen LogP contribution in [0.5, 0.6) is 0 Å². The monoisotopic (exact) mass is 555 g/mol. The summed E-state index contributed by atoms with van der Waals surface area (Å²) in [6.45, 7) is 0.388. The smallest absolute Gasteiger partial charge is 0.352 e. The number of hydrogen-bond acceptors (Lipinski definition) is 11. The fraction of sp³-hybridized carbons (Fsp3) is 0.368. The zero-order valence-electron chi connectivity index (χ0n) is 18.5. The summed E-state index contributed by atoms with van der Waals surface area (Å²) in [4.78, 5) is 38.5. The Bertz CT molecular complexity index is 1330. The van der Waals surface area contributed by atoms with E-state index in [4.69, 9.17) is 10.3 Å². The summed E-state index contributed by atoms with van der Waals surface area (Å²) in [6.07, 6.45) is 0.0633. The Morgan fingerprint density at radius 1 is 1.25 bits per heavy atom. The minimum absolute atomic E-state index is 0.0524. The maximum absolute atomic E-state index is 12.8. The first-order valence-electron chi connectivity index (χ1n) is 10.4. The highest BCUT2D eigenvalue weighted by Crippen LogP contribution is 2.41. The average Bonchev–Trinajstić information content (AvgIpc) is 3.26. The molecule has 0 saturated carbocycles. The zero-order valence-corrected chi connectivity index (χ0v) is 20.9. The van der Waals surface area contributed by atoms with Gasteiger partial charge in [0, 0.05) is 18.1 Å². The molecule has 1 aromatic heterocycles. The Labute approximate surface area is 213 Å². The van der Waals surface area contributed by atoms with Gasteiger partial charge in [-0.05, 0) is 27.1 Å². The van der Waals surface area contributed by atoms with Crippen molar-refractivity contribution < 1.29 is 32.5 Å². The molecule has 0 spiro atoms. The van der Waals surface area contributed by atoms with Crippen LogP contribution in [0.2, 0.25) is 0 Å². The number of nitrogens with one attached hydrogen (secondary N) is 1. The Kier molecular flexibility index (Phi) is 7.65. The van der Waals surface area contributed by atoms with Crippen molar-refractivity contribution in [3.05, 3.63) is 46.7 Å². The van der Waals surface area contributed by atoms with Gasteiger partial charge in [-0.15, -0.1) is 16.9 Å². The molecule has 1 saturated heterocycles. The van der Waals surface area contributed by atoms with Crippen molar-refractivity contribution in [1.82, 2.24) is 30.4 Å². The quantitative estimate of drug-likeness (QED) is 0.158. The molecule has 2 aliphatic heterocycles. The lowest BCUT2D eigenvalue weighted by Gasteiger charge is -2.49. The van der Waals surface area contributed by atoms with Crippen LogP contribution in [0.15, 0.2) is 40.7 Å². The number of β-lactam (4-membered cyclic amide) rings is 1. The molecule has 0 bridgehead atoms. The molecule has 36 heavy (non-hydrogen) atoms. The number of rotatable bonds is 10. The summed E-state index contributed by atoms with van der Waals surface area (Å²) in [5, 5.41) is 22.5. The zero-order chi connectivity index (χ0) is 26.0. The van der Waals surface area contributed by atoms with Crippen molar-refractivity contribution in [2.24, 2.45) is 5.73 Å². The topological polar surface area (TPSA) is 211 Å². The molecule has 5 N–H and O–H groups in total. The number of nitrogens with zero attached hydrogens (tertiary/aromatic N) is 5. The average molecular weight is 556 g/mol. The molecule has 17 heteroatoms. The van der Waals surface area contributed by atoms with Crippen LogP contribution in [0.3, 0.4) is 0 Å². The van der Waals surface area contributed by atoms with Gasteiger partial charge < -0.3 is 16.2 Å². The number of aromatic nitrogens is 4. The summed E-state index contributed by atoms with van der Waals surface area (Å²) in [6, 6.07) is 6.36. The van der Waals surface area contributed by atoms with Gasteiger partial charge in [-0.3, -0.25) is 19.0 Å². The van der Waals surface area contributed by atoms with E-state index in [1.807, 2.05) is 12.1 Å². The standard InChI is InChI=1S/C19H21N7O7S3/c20-6-11-3-1-10(2-4-11)5-13(27)21-14-16(28)26-15(18(29)30)12(7-34-17(14)26)8-35-19-22-23-24-25(19)9-36(31,32)33/h1-4,14,17H,5-9,20H2,(H,21,27)(H,29,30)(H,31,32,33). The van der Waals surface area contributed by atoms with E-state index in [-0.39, 0.29) is 34.7 Å². The van der Waals surface area contributed by atoms with Crippen LogP contribution in [0.25, 0.3) is 0 Å². The SMILES string of the molecule is NCc1ccc(CC(=O)NC2C(=O)N3C(C(=O)O)=C(CSc4nnnn4CS(=O)(=O)O)CSC23)cc1. The summed E-state index contributed by atoms with van der Waals surface area (Å²) in [5.41, 5.74) is 7.48. The summed E-state index contributed by atoms with van der Waals surface area (Å²) in [5.74, 6) is -2.72. The third kappa shape index (κ3) is 5.70. The number of fused-ring (bicyclic) bond motifs is 1. The number of aliphatic carboxylic acids is 1. The molecule has 2 atom stereocenters. The maximum atomic E-state index is 12.8. The molecule has 2 aliphatic rings. The number of carboxylic acid groups (broad SMARTS) is 1. The lowest BCUT2D eigenvalue weighted by atomic mass is 10.0. The highest BCUT2D eigenvalue weighted by molar-refractivity contribution is 8.01. The van der Waals surface area contributed by atoms with Crippen LogP contribution in [0.4, 0.5) is 0 Å². The van der Waals surface area contributed by atoms with E-state index in [0.29, 0.717) is 12.1 Å². The summed E-state index contributed by atoms with van der Waals surface area (Å²) < 4.78 is 32.1. The lowest BCUT2D eigenvalue weighted by Crippen LogP contribution is -2.70. The van der Waals surface area contributed by atoms with Gasteiger partial charge in [-0.2, -0.15) is 8.42 Å². The van der Waals surface area contributed by atoms with Crippen molar-refractivity contribution in [2.75, 3.05) is 11.5 Å². The molecule has 4 rings (SSSR count). The van der Waals surface area contributed by atoms with E-state index in [9.17, 15) is 27.9 Å². The van der Waals surface area contributed by atoms with E-state index < -0.39 is 39.3 Å². The van der Waals surface area contributed by atoms with E-state index in [1.165, 1.54) is 11.8 Å². The second-order valence-corrected chi connectivity index (χ2v) is 11.3. The van der Waals surface area contributed by atoms with Crippen LogP contribution in [-0.2, 0) is 43.3 Å². The highest BCUT2D eigenvalue weighted by atomic mass is 32.2. The molecule has 1 aromatic carbocycles. The molecular formula is C19H21N7O7S3. The third-order valence-corrected chi connectivity index (χ3v) is 8.30. The second-order valence-electron chi connectivity index (χ2n) is 7.87. The van der Waals surface area contributed by atoms with Gasteiger partial charge in [0.15, 0.2) is 5.88 Å². The molecular weight excluding hydrogens is 534 g/mol. The Morgan fingerprint density at radius 3 is 2.58 bits per heavy atom. The predicted molar refractivity (Wildman–Crippen MR) is 128 cm³/mol. The molecule has 192 valence electrons. The first-order chi connectivity index (χ1) is 17.1. The Hall–Kier alpha value is -2.99. The van der Waals surface area contributed by atoms with Gasteiger partial charge in [0.1, 0.15) is 17.1 Å². The van der Waals surface area contributed by atoms with Crippen LogP contribution < -0.4 is 11.1 Å². The minimum Gasteiger partial charge on any atom is -0.477 e. The minimum atomic E-state index is -4.39. The molecule has 0 radical (unpaired) electrons. The van der Waals surface area contributed by atoms with Crippen molar-refractivity contribution in [3.63, 3.8) is 0 Å². The number of carbonyl (C=O) groups is 3. The van der Waals surface area contributed by atoms with Crippen LogP contribution >= 0.6 is 23.5 Å². The van der Waals surface area contributed by atoms with Crippen molar-refractivity contribution in [3.8, 4) is 0 Å². The van der Waals surface area contributed by atoms with E-state index in [1.54, 1.807) is 12.1 Å². The van der Waals surface area contributed by atoms with Crippen LogP contribution in [0, 0.1) is 0 Å². The number of hydrogen-bond donors (Lipinski definition) is 4. The van der Waals surface area contributed by atoms with Gasteiger partial charge in [0.2, 0.25) is 11.1 Å². The first kappa shape index (κ1) is 26.1. The molecule has 2 aromatic rings. The van der Waals surface area contributed by atoms with E-state index >= 15 is 0 Å². The van der Waals surface area contributed by atoms with Gasteiger partial charge in [0.05, 0.1) is 6.42 Å². The highest BCUT2D eigenvalue weighted by Gasteiger charge is 2.54. The van der Waals surface area contributed by atoms with Gasteiger partial charge in [-0.1, -0.05) is 36.0 Å². The lowest BCUT2D eigenvalue weighted by molar-refractivity contribution is -0.150. The number of carboxylic acids is 1. The molecule has 1 fully saturated rings. The number of carbonyl (C=O) groups excluding carboxylic acids is 2. The Balaban J connectivity index is 1.42. The molecule has 14 nitrogen and oxygen atoms in total. The molecule has 2 unspecified atom stereocenters. The molecule has 2 amide bonds. The maximum Gasteiger partial charge on any atom is 0.352 e. The van der Waals surface area contributed by atoms with Crippen molar-refractivity contribution in [1.29, 1.82) is 0 Å². The Morgan fingerprint density at radius 2 is 1.94 bits per heavy atom. The van der Waals surface area contributed by atoms with Gasteiger partial charge in [-0.25, -0.2) is 9.48 Å². The number of benzene rings is 1. The third-order valence-electron chi connectivity index (χ3n) is 5.35. The molecule has 3 heterocycles. The number of tetrazole rings is 1. The summed E-state index contributed by atoms with van der Waals surface area (Å²) in [7, 11) is -4.39. The van der Waals surface area contributed by atoms with Gasteiger partial charge in [0.25, 0.3) is 16.0 Å². The fourth-order valence-electron chi connectivity index (χ4n) is 3.68. The van der Waals surface area contributed by atoms with E-state index in [2.05, 4.69) is 20.8 Å². The summed E-state index contributed by atoms with van der Waals surface area (Å²) >= 11 is 2.27. The van der Waals surface area contributed by atoms with Crippen molar-refractivity contribution >= 4 is 51.4 Å². The van der Waals surface area contributed by atoms with Crippen molar-refractivity contribution in [2.45, 2.75) is 35.4 Å². The number of thioether (sulfide) groups is 2. The normalized spacial score (nSPS) is 19.6. The van der Waals surface area contributed by atoms with Crippen LogP contribution in [-0.4, -0.2) is 83.9 Å². The predicted octanol–water partition coefficient (Wildman–Crippen LogP) is -0.949. The van der Waals surface area contributed by atoms with Gasteiger partial charge >= 0.3 is 5.97 Å². The second kappa shape index (κ2) is 10.6. The van der Waals surface area contributed by atoms with Crippen LogP contribution in [0.1, 0.15) is 11.1 Å². The fourth-order valence-corrected chi connectivity index (χ4v) is 6.61. The first-order valence-corrected chi connectivity index (χ1v) is 14.0.